The molecule has 2 aromatic rings. The molecule has 0 spiro atoms. The van der Waals surface area contributed by atoms with Crippen molar-refractivity contribution in [3.8, 4) is 0 Å². The third-order valence-electron chi connectivity index (χ3n) is 3.73. The van der Waals surface area contributed by atoms with Crippen LogP contribution in [0.3, 0.4) is 0 Å². The Hall–Kier alpha value is -2.51. The third-order valence-corrected chi connectivity index (χ3v) is 4.66. The van der Waals surface area contributed by atoms with E-state index < -0.39 is 10.0 Å². The Kier molecular flexibility index (Phi) is 6.06. The van der Waals surface area contributed by atoms with Gasteiger partial charge in [0.2, 0.25) is 15.9 Å². The number of nitrogens with two attached hydrogens (primary N) is 1. The lowest BCUT2D eigenvalue weighted by Gasteiger charge is -2.06. The van der Waals surface area contributed by atoms with Crippen LogP contribution in [0.5, 0.6) is 0 Å². The Labute approximate surface area is 147 Å². The molecule has 1 amide bonds. The van der Waals surface area contributed by atoms with Crippen LogP contribution < -0.4 is 10.5 Å². The number of rotatable bonds is 7. The SMILES string of the molecule is CCc1ccc(C(=O)CCC(=O)Nc2ccc(S(N)(=O)=O)cc2)cc1. The van der Waals surface area contributed by atoms with E-state index in [9.17, 15) is 18.0 Å². The zero-order valence-electron chi connectivity index (χ0n) is 13.9. The molecule has 7 heteroatoms. The van der Waals surface area contributed by atoms with Crippen LogP contribution in [0.15, 0.2) is 53.4 Å². The minimum Gasteiger partial charge on any atom is -0.326 e. The van der Waals surface area contributed by atoms with Gasteiger partial charge in [0.15, 0.2) is 5.78 Å². The van der Waals surface area contributed by atoms with Crippen molar-refractivity contribution in [1.29, 1.82) is 0 Å². The quantitative estimate of drug-likeness (QED) is 0.740. The number of nitrogens with one attached hydrogen (secondary N) is 1. The van der Waals surface area contributed by atoms with Gasteiger partial charge in [-0.05, 0) is 36.2 Å². The molecule has 0 bridgehead atoms. The zero-order valence-corrected chi connectivity index (χ0v) is 14.7. The second-order valence-electron chi connectivity index (χ2n) is 5.59. The van der Waals surface area contributed by atoms with Crippen LogP contribution in [0.4, 0.5) is 5.69 Å². The van der Waals surface area contributed by atoms with E-state index in [2.05, 4.69) is 5.32 Å². The number of sulfonamides is 1. The summed E-state index contributed by atoms with van der Waals surface area (Å²) in [6.07, 6.45) is 1.05. The summed E-state index contributed by atoms with van der Waals surface area (Å²) in [6.45, 7) is 2.04. The molecule has 2 aromatic carbocycles. The molecule has 0 saturated heterocycles. The Morgan fingerprint density at radius 3 is 2.08 bits per heavy atom. The van der Waals surface area contributed by atoms with Crippen LogP contribution in [-0.4, -0.2) is 20.1 Å². The fourth-order valence-electron chi connectivity index (χ4n) is 2.25. The van der Waals surface area contributed by atoms with E-state index in [1.165, 1.54) is 24.3 Å². The highest BCUT2D eigenvalue weighted by molar-refractivity contribution is 7.89. The average Bonchev–Trinajstić information content (AvgIpc) is 2.59. The molecule has 3 N–H and O–H groups in total. The highest BCUT2D eigenvalue weighted by Gasteiger charge is 2.11. The number of hydrogen-bond donors (Lipinski definition) is 2. The van der Waals surface area contributed by atoms with Crippen LogP contribution in [0.1, 0.15) is 35.7 Å². The highest BCUT2D eigenvalue weighted by atomic mass is 32.2. The van der Waals surface area contributed by atoms with Gasteiger partial charge < -0.3 is 5.32 Å². The molecule has 132 valence electrons. The molecule has 0 fully saturated rings. The molecule has 0 aliphatic rings. The summed E-state index contributed by atoms with van der Waals surface area (Å²) in [4.78, 5) is 24.0. The molecule has 0 radical (unpaired) electrons. The molecule has 0 aliphatic heterocycles. The van der Waals surface area contributed by atoms with E-state index in [0.29, 0.717) is 11.3 Å². The minimum atomic E-state index is -3.76. The van der Waals surface area contributed by atoms with Gasteiger partial charge in [-0.2, -0.15) is 0 Å². The summed E-state index contributed by atoms with van der Waals surface area (Å²) in [5.74, 6) is -0.413. The van der Waals surface area contributed by atoms with E-state index in [1.807, 2.05) is 19.1 Å². The van der Waals surface area contributed by atoms with Gasteiger partial charge in [-0.1, -0.05) is 31.2 Å². The Morgan fingerprint density at radius 2 is 1.56 bits per heavy atom. The van der Waals surface area contributed by atoms with E-state index in [0.717, 1.165) is 12.0 Å². The molecule has 0 aromatic heterocycles. The fraction of sp³-hybridized carbons (Fsp3) is 0.222. The molecule has 2 rings (SSSR count). The maximum atomic E-state index is 12.1. The lowest BCUT2D eigenvalue weighted by Crippen LogP contribution is -2.14. The molecular formula is C18H20N2O4S. The normalized spacial score (nSPS) is 11.1. The number of anilines is 1. The average molecular weight is 360 g/mol. The van der Waals surface area contributed by atoms with Crippen molar-refractivity contribution in [2.45, 2.75) is 31.1 Å². The third kappa shape index (κ3) is 5.51. The number of hydrogen-bond acceptors (Lipinski definition) is 4. The van der Waals surface area contributed by atoms with Gasteiger partial charge in [0.05, 0.1) is 4.90 Å². The van der Waals surface area contributed by atoms with Gasteiger partial charge in [0.1, 0.15) is 0 Å². The van der Waals surface area contributed by atoms with Crippen LogP contribution in [0, 0.1) is 0 Å². The van der Waals surface area contributed by atoms with Crippen molar-refractivity contribution in [3.63, 3.8) is 0 Å². The van der Waals surface area contributed by atoms with Crippen molar-refractivity contribution >= 4 is 27.4 Å². The zero-order chi connectivity index (χ0) is 18.4. The predicted molar refractivity (Wildman–Crippen MR) is 95.8 cm³/mol. The molecule has 25 heavy (non-hydrogen) atoms. The van der Waals surface area contributed by atoms with Crippen LogP contribution in [-0.2, 0) is 21.2 Å². The molecule has 0 heterocycles. The van der Waals surface area contributed by atoms with Gasteiger partial charge in [-0.15, -0.1) is 0 Å². The maximum absolute atomic E-state index is 12.1. The lowest BCUT2D eigenvalue weighted by atomic mass is 10.0. The molecule has 0 atom stereocenters. The topological polar surface area (TPSA) is 106 Å². The summed E-state index contributed by atoms with van der Waals surface area (Å²) < 4.78 is 22.3. The first-order chi connectivity index (χ1) is 11.8. The largest absolute Gasteiger partial charge is 0.326 e. The van der Waals surface area contributed by atoms with Crippen molar-refractivity contribution in [2.75, 3.05) is 5.32 Å². The first-order valence-electron chi connectivity index (χ1n) is 7.84. The maximum Gasteiger partial charge on any atom is 0.238 e. The van der Waals surface area contributed by atoms with Crippen LogP contribution in [0.2, 0.25) is 0 Å². The summed E-state index contributed by atoms with van der Waals surface area (Å²) in [6, 6.07) is 12.9. The molecule has 0 saturated carbocycles. The number of carbonyl (C=O) groups excluding carboxylic acids is 2. The second kappa shape index (κ2) is 8.04. The van der Waals surface area contributed by atoms with Gasteiger partial charge >= 0.3 is 0 Å². The number of Topliss-reactive ketones (excluding diaryl/α,β-unsaturated/α-hetero) is 1. The van der Waals surface area contributed by atoms with Crippen LogP contribution >= 0.6 is 0 Å². The van der Waals surface area contributed by atoms with E-state index in [1.54, 1.807) is 12.1 Å². The molecular weight excluding hydrogens is 340 g/mol. The Balaban J connectivity index is 1.88. The summed E-state index contributed by atoms with van der Waals surface area (Å²) in [7, 11) is -3.76. The van der Waals surface area contributed by atoms with Gasteiger partial charge in [-0.3, -0.25) is 9.59 Å². The fourth-order valence-corrected chi connectivity index (χ4v) is 2.76. The van der Waals surface area contributed by atoms with Crippen LogP contribution in [0.25, 0.3) is 0 Å². The smallest absolute Gasteiger partial charge is 0.238 e. The monoisotopic (exact) mass is 360 g/mol. The molecule has 0 aliphatic carbocycles. The van der Waals surface area contributed by atoms with Crippen molar-refractivity contribution in [3.05, 3.63) is 59.7 Å². The number of carbonyl (C=O) groups is 2. The van der Waals surface area contributed by atoms with E-state index >= 15 is 0 Å². The summed E-state index contributed by atoms with van der Waals surface area (Å²) >= 11 is 0. The lowest BCUT2D eigenvalue weighted by molar-refractivity contribution is -0.116. The number of amides is 1. The minimum absolute atomic E-state index is 0.0313. The van der Waals surface area contributed by atoms with E-state index in [-0.39, 0.29) is 29.4 Å². The first-order valence-corrected chi connectivity index (χ1v) is 9.39. The highest BCUT2D eigenvalue weighted by Crippen LogP contribution is 2.14. The predicted octanol–water partition coefficient (Wildman–Crippen LogP) is 2.50. The number of benzene rings is 2. The Morgan fingerprint density at radius 1 is 0.960 bits per heavy atom. The molecule has 0 unspecified atom stereocenters. The number of primary sulfonamides is 1. The number of ketones is 1. The van der Waals surface area contributed by atoms with Crippen molar-refractivity contribution in [1.82, 2.24) is 0 Å². The van der Waals surface area contributed by atoms with E-state index in [4.69, 9.17) is 5.14 Å². The summed E-state index contributed by atoms with van der Waals surface area (Å²) in [5.41, 5.74) is 2.18. The molecule has 6 nitrogen and oxygen atoms in total. The van der Waals surface area contributed by atoms with Crippen molar-refractivity contribution < 1.29 is 18.0 Å². The first kappa shape index (κ1) is 18.8. The summed E-state index contributed by atoms with van der Waals surface area (Å²) in [5, 5.41) is 7.63. The van der Waals surface area contributed by atoms with Gasteiger partial charge in [0, 0.05) is 24.1 Å². The van der Waals surface area contributed by atoms with Gasteiger partial charge in [-0.25, -0.2) is 13.6 Å². The van der Waals surface area contributed by atoms with Gasteiger partial charge in [0.25, 0.3) is 0 Å². The standard InChI is InChI=1S/C18H20N2O4S/c1-2-13-3-5-14(6-4-13)17(21)11-12-18(22)20-15-7-9-16(10-8-15)25(19,23)24/h3-10H,2,11-12H2,1H3,(H,20,22)(H2,19,23,24). The number of aryl methyl sites for hydroxylation is 1. The van der Waals surface area contributed by atoms with Crippen molar-refractivity contribution in [2.24, 2.45) is 5.14 Å². The second-order valence-corrected chi connectivity index (χ2v) is 7.15. The Bertz CT molecular complexity index is 857.